The van der Waals surface area contributed by atoms with Crippen molar-refractivity contribution in [3.63, 3.8) is 0 Å². The van der Waals surface area contributed by atoms with Crippen molar-refractivity contribution in [1.82, 2.24) is 9.21 Å². The van der Waals surface area contributed by atoms with Crippen LogP contribution in [0.3, 0.4) is 0 Å². The molecule has 0 saturated carbocycles. The highest BCUT2D eigenvalue weighted by molar-refractivity contribution is 7.89. The number of nitrogens with zero attached hydrogens (tertiary/aromatic N) is 2. The van der Waals surface area contributed by atoms with Gasteiger partial charge in [0.25, 0.3) is 7.82 Å². The molecule has 0 radical (unpaired) electrons. The lowest BCUT2D eigenvalue weighted by Gasteiger charge is -2.46. The number of halogens is 4. The number of sulfonamides is 1. The molecule has 0 N–H and O–H groups in total. The molecule has 1 amide bonds. The summed E-state index contributed by atoms with van der Waals surface area (Å²) in [6.45, 7) is -1.69. The molecule has 1 spiro atoms. The van der Waals surface area contributed by atoms with Gasteiger partial charge >= 0.3 is 12.3 Å². The first-order chi connectivity index (χ1) is 16.7. The minimum atomic E-state index is -5.11. The van der Waals surface area contributed by atoms with E-state index in [9.17, 15) is 40.2 Å². The fourth-order valence-electron chi connectivity index (χ4n) is 3.77. The van der Waals surface area contributed by atoms with E-state index in [-0.39, 0.29) is 50.5 Å². The summed E-state index contributed by atoms with van der Waals surface area (Å²) in [5, 5.41) is 0. The van der Waals surface area contributed by atoms with Crippen LogP contribution in [-0.2, 0) is 33.1 Å². The summed E-state index contributed by atoms with van der Waals surface area (Å²) in [5.41, 5.74) is -0.984. The first-order valence-electron chi connectivity index (χ1n) is 10.6. The van der Waals surface area contributed by atoms with Crippen LogP contribution in [0.15, 0.2) is 29.2 Å². The van der Waals surface area contributed by atoms with Gasteiger partial charge in [0.1, 0.15) is 12.4 Å². The third kappa shape index (κ3) is 6.94. The number of hydrogen-bond acceptors (Lipinski definition) is 9. The largest absolute Gasteiger partial charge is 0.756 e. The zero-order valence-electron chi connectivity index (χ0n) is 19.0. The fourth-order valence-corrected chi connectivity index (χ4v) is 5.70. The Morgan fingerprint density at radius 2 is 1.83 bits per heavy atom. The van der Waals surface area contributed by atoms with Gasteiger partial charge in [-0.3, -0.25) is 4.57 Å². The van der Waals surface area contributed by atoms with E-state index >= 15 is 0 Å². The Kier molecular flexibility index (Phi) is 8.70. The summed E-state index contributed by atoms with van der Waals surface area (Å²) in [4.78, 5) is 24.4. The Morgan fingerprint density at radius 1 is 1.22 bits per heavy atom. The lowest BCUT2D eigenvalue weighted by molar-refractivity contribution is -0.240. The molecule has 1 aromatic carbocycles. The summed E-state index contributed by atoms with van der Waals surface area (Å²) in [6, 6.07) is 4.34. The Bertz CT molecular complexity index is 1080. The highest BCUT2D eigenvalue weighted by Gasteiger charge is 2.47. The fraction of sp³-hybridized carbons (Fsp3) is 0.632. The van der Waals surface area contributed by atoms with Gasteiger partial charge in [-0.1, -0.05) is 0 Å². The number of morpholine rings is 1. The van der Waals surface area contributed by atoms with Gasteiger partial charge in [0.05, 0.1) is 17.1 Å². The molecule has 11 nitrogen and oxygen atoms in total. The number of hydrogen-bond donors (Lipinski definition) is 0. The number of benzene rings is 1. The third-order valence-corrected chi connectivity index (χ3v) is 8.59. The quantitative estimate of drug-likeness (QED) is 0.360. The number of phosphoric ester groups is 1. The molecule has 36 heavy (non-hydrogen) atoms. The van der Waals surface area contributed by atoms with Gasteiger partial charge in [0, 0.05) is 33.3 Å². The molecule has 17 heteroatoms. The zero-order chi connectivity index (χ0) is 26.8. The number of carbonyl (C=O) groups is 1. The van der Waals surface area contributed by atoms with Gasteiger partial charge in [-0.25, -0.2) is 17.6 Å². The summed E-state index contributed by atoms with van der Waals surface area (Å²) in [7, 11) is -8.24. The molecule has 2 saturated heterocycles. The van der Waals surface area contributed by atoms with Crippen LogP contribution < -0.4 is 4.89 Å². The van der Waals surface area contributed by atoms with Crippen LogP contribution in [0.5, 0.6) is 0 Å². The molecule has 204 valence electrons. The average Bonchev–Trinajstić information content (AvgIpc) is 2.81. The highest BCUT2D eigenvalue weighted by atomic mass is 32.2. The van der Waals surface area contributed by atoms with Crippen LogP contribution in [0.25, 0.3) is 0 Å². The van der Waals surface area contributed by atoms with E-state index in [4.69, 9.17) is 4.74 Å². The van der Waals surface area contributed by atoms with E-state index < -0.39 is 54.2 Å². The highest BCUT2D eigenvalue weighted by Crippen LogP contribution is 2.39. The van der Waals surface area contributed by atoms with Crippen LogP contribution in [-0.4, -0.2) is 88.1 Å². The molecule has 1 unspecified atom stereocenters. The molecular weight excluding hydrogens is 539 g/mol. The van der Waals surface area contributed by atoms with Crippen molar-refractivity contribution >= 4 is 23.9 Å². The minimum Gasteiger partial charge on any atom is -0.756 e. The maximum atomic E-state index is 13.2. The molecular formula is C19H24F4N2O9PS-. The average molecular weight is 563 g/mol. The van der Waals surface area contributed by atoms with Gasteiger partial charge < -0.3 is 28.3 Å². The molecule has 1 aromatic rings. The Labute approximate surface area is 204 Å². The topological polar surface area (TPSA) is 135 Å². The lowest BCUT2D eigenvalue weighted by Crippen LogP contribution is -2.58. The standard InChI is InChI=1S/C19H25F4N2O9PS/c1-31-35(27,28)33-12-16(19(21,22)23)34-17(26)24-8-6-18(7-9-24)13-25(10-11-32-18)36(29,30)15-4-2-14(20)3-5-15/h2-5,16H,6-13H2,1H3,(H,27,28)/p-1/t16-/m1/s1. The molecule has 3 rings (SSSR count). The first kappa shape index (κ1) is 28.8. The normalized spacial score (nSPS) is 21.7. The van der Waals surface area contributed by atoms with Crippen LogP contribution in [0.2, 0.25) is 0 Å². The predicted octanol–water partition coefficient (Wildman–Crippen LogP) is 1.88. The Balaban J connectivity index is 1.61. The summed E-state index contributed by atoms with van der Waals surface area (Å²) in [5.74, 6) is -0.591. The number of likely N-dealkylation sites (tertiary alicyclic amines) is 1. The second-order valence-corrected chi connectivity index (χ2v) is 11.6. The number of piperidine rings is 1. The van der Waals surface area contributed by atoms with E-state index in [0.29, 0.717) is 7.11 Å². The first-order valence-corrected chi connectivity index (χ1v) is 13.5. The molecule has 0 aromatic heterocycles. The maximum absolute atomic E-state index is 13.2. The third-order valence-electron chi connectivity index (χ3n) is 5.81. The molecule has 2 atom stereocenters. The van der Waals surface area contributed by atoms with E-state index in [2.05, 4.69) is 13.8 Å². The second-order valence-electron chi connectivity index (χ2n) is 8.15. The number of ether oxygens (including phenoxy) is 2. The molecule has 0 bridgehead atoms. The van der Waals surface area contributed by atoms with Crippen LogP contribution in [0.4, 0.5) is 22.4 Å². The van der Waals surface area contributed by atoms with Crippen molar-refractivity contribution in [2.24, 2.45) is 0 Å². The molecule has 2 fully saturated rings. The summed E-state index contributed by atoms with van der Waals surface area (Å²) in [6.07, 6.45) is -9.11. The van der Waals surface area contributed by atoms with Crippen molar-refractivity contribution in [2.45, 2.75) is 35.6 Å². The molecule has 2 heterocycles. The van der Waals surface area contributed by atoms with Crippen LogP contribution in [0.1, 0.15) is 12.8 Å². The van der Waals surface area contributed by atoms with Crippen molar-refractivity contribution < 1.29 is 58.8 Å². The monoisotopic (exact) mass is 563 g/mol. The van der Waals surface area contributed by atoms with Crippen molar-refractivity contribution in [3.8, 4) is 0 Å². The van der Waals surface area contributed by atoms with Crippen molar-refractivity contribution in [3.05, 3.63) is 30.1 Å². The van der Waals surface area contributed by atoms with E-state index in [1.807, 2.05) is 0 Å². The summed E-state index contributed by atoms with van der Waals surface area (Å²) < 4.78 is 109. The molecule has 0 aliphatic carbocycles. The predicted molar refractivity (Wildman–Crippen MR) is 112 cm³/mol. The maximum Gasteiger partial charge on any atom is 0.427 e. The Hall–Kier alpha value is -1.81. The SMILES string of the molecule is COP(=O)([O-])OC[C@@H](OC(=O)N1CCC2(CC1)CN(S(=O)(=O)c1ccc(F)cc1)CCO2)C(F)(F)F. The molecule has 2 aliphatic rings. The van der Waals surface area contributed by atoms with E-state index in [1.165, 1.54) is 4.31 Å². The summed E-state index contributed by atoms with van der Waals surface area (Å²) >= 11 is 0. The van der Waals surface area contributed by atoms with Crippen molar-refractivity contribution in [1.29, 1.82) is 0 Å². The number of amides is 1. The van der Waals surface area contributed by atoms with Crippen LogP contribution >= 0.6 is 7.82 Å². The number of rotatable bonds is 7. The van der Waals surface area contributed by atoms with Crippen LogP contribution in [0, 0.1) is 5.82 Å². The number of phosphoric acid groups is 1. The minimum absolute atomic E-state index is 0.0471. The van der Waals surface area contributed by atoms with E-state index in [0.717, 1.165) is 29.2 Å². The number of alkyl halides is 3. The van der Waals surface area contributed by atoms with Gasteiger partial charge in [0.15, 0.2) is 0 Å². The van der Waals surface area contributed by atoms with Gasteiger partial charge in [0.2, 0.25) is 16.1 Å². The molecule has 2 aliphatic heterocycles. The lowest BCUT2D eigenvalue weighted by atomic mass is 9.90. The van der Waals surface area contributed by atoms with Gasteiger partial charge in [-0.05, 0) is 37.1 Å². The van der Waals surface area contributed by atoms with Gasteiger partial charge in [-0.15, -0.1) is 0 Å². The van der Waals surface area contributed by atoms with E-state index in [1.54, 1.807) is 0 Å². The number of carbonyl (C=O) groups excluding carboxylic acids is 1. The second kappa shape index (κ2) is 10.9. The zero-order valence-corrected chi connectivity index (χ0v) is 20.7. The smallest absolute Gasteiger partial charge is 0.427 e. The van der Waals surface area contributed by atoms with Crippen molar-refractivity contribution in [2.75, 3.05) is 46.5 Å². The Morgan fingerprint density at radius 3 is 2.39 bits per heavy atom. The van der Waals surface area contributed by atoms with Gasteiger partial charge in [-0.2, -0.15) is 17.5 Å².